The lowest BCUT2D eigenvalue weighted by Gasteiger charge is -2.32. The van der Waals surface area contributed by atoms with Crippen molar-refractivity contribution in [1.29, 1.82) is 0 Å². The van der Waals surface area contributed by atoms with Gasteiger partial charge in [0.05, 0.1) is 12.6 Å². The van der Waals surface area contributed by atoms with E-state index in [4.69, 9.17) is 10.5 Å². The van der Waals surface area contributed by atoms with Crippen LogP contribution in [0.4, 0.5) is 10.1 Å². The summed E-state index contributed by atoms with van der Waals surface area (Å²) in [7, 11) is 1.42. The maximum atomic E-state index is 14.6. The molecule has 0 amide bonds. The van der Waals surface area contributed by atoms with Gasteiger partial charge in [0, 0.05) is 36.4 Å². The SMILES string of the molecule is COc1cccc(F)c1-n1nc2c(-c3cccc(N4CCCC(N)C4)c3)n[nH]c2cc1=O. The normalized spacial score (nSPS) is 16.5. The molecule has 1 fully saturated rings. The molecule has 3 N–H and O–H groups in total. The number of hydrogen-bond acceptors (Lipinski definition) is 6. The number of anilines is 1. The maximum absolute atomic E-state index is 14.6. The molecule has 0 saturated carbocycles. The molecular formula is C23H23FN6O2. The summed E-state index contributed by atoms with van der Waals surface area (Å²) in [5.74, 6) is -0.390. The molecule has 1 aliphatic heterocycles. The Balaban J connectivity index is 1.62. The molecule has 8 nitrogen and oxygen atoms in total. The number of nitrogens with two attached hydrogens (primary N) is 1. The van der Waals surface area contributed by atoms with Gasteiger partial charge in [0.2, 0.25) is 0 Å². The maximum Gasteiger partial charge on any atom is 0.273 e. The number of hydrogen-bond donors (Lipinski definition) is 2. The third-order valence-electron chi connectivity index (χ3n) is 5.77. The number of nitrogens with one attached hydrogen (secondary N) is 1. The smallest absolute Gasteiger partial charge is 0.273 e. The van der Waals surface area contributed by atoms with Crippen LogP contribution in [0, 0.1) is 5.82 Å². The molecule has 4 aromatic rings. The molecule has 1 saturated heterocycles. The Morgan fingerprint density at radius 3 is 2.88 bits per heavy atom. The van der Waals surface area contributed by atoms with Crippen LogP contribution in [-0.4, -0.2) is 46.2 Å². The predicted molar refractivity (Wildman–Crippen MR) is 121 cm³/mol. The fourth-order valence-electron chi connectivity index (χ4n) is 4.21. The molecule has 164 valence electrons. The van der Waals surface area contributed by atoms with Crippen molar-refractivity contribution in [2.24, 2.45) is 5.73 Å². The summed E-state index contributed by atoms with van der Waals surface area (Å²) in [6.07, 6.45) is 2.08. The summed E-state index contributed by atoms with van der Waals surface area (Å²) in [5, 5.41) is 11.7. The highest BCUT2D eigenvalue weighted by atomic mass is 19.1. The van der Waals surface area contributed by atoms with Crippen molar-refractivity contribution in [3.63, 3.8) is 0 Å². The molecular weight excluding hydrogens is 411 g/mol. The Hall–Kier alpha value is -3.72. The van der Waals surface area contributed by atoms with E-state index >= 15 is 0 Å². The van der Waals surface area contributed by atoms with Crippen molar-refractivity contribution in [2.45, 2.75) is 18.9 Å². The topological polar surface area (TPSA) is 102 Å². The molecule has 32 heavy (non-hydrogen) atoms. The van der Waals surface area contributed by atoms with Crippen LogP contribution < -0.4 is 20.9 Å². The van der Waals surface area contributed by atoms with Gasteiger partial charge in [-0.2, -0.15) is 14.9 Å². The lowest BCUT2D eigenvalue weighted by Crippen LogP contribution is -2.42. The minimum Gasteiger partial charge on any atom is -0.494 e. The second kappa shape index (κ2) is 8.08. The van der Waals surface area contributed by atoms with Crippen LogP contribution in [0.5, 0.6) is 5.75 Å². The molecule has 9 heteroatoms. The van der Waals surface area contributed by atoms with Gasteiger partial charge in [0.15, 0.2) is 5.82 Å². The summed E-state index contributed by atoms with van der Waals surface area (Å²) in [6, 6.07) is 13.9. The second-order valence-corrected chi connectivity index (χ2v) is 7.92. The lowest BCUT2D eigenvalue weighted by atomic mass is 10.0. The molecule has 0 radical (unpaired) electrons. The lowest BCUT2D eigenvalue weighted by molar-refractivity contribution is 0.406. The van der Waals surface area contributed by atoms with Gasteiger partial charge in [-0.15, -0.1) is 0 Å². The average molecular weight is 434 g/mol. The number of H-pyrrole nitrogens is 1. The van der Waals surface area contributed by atoms with Crippen LogP contribution in [0.15, 0.2) is 53.3 Å². The highest BCUT2D eigenvalue weighted by Gasteiger charge is 2.20. The molecule has 0 bridgehead atoms. The number of halogens is 1. The summed E-state index contributed by atoms with van der Waals surface area (Å²) < 4.78 is 20.9. The number of piperidine rings is 1. The van der Waals surface area contributed by atoms with Crippen LogP contribution >= 0.6 is 0 Å². The van der Waals surface area contributed by atoms with E-state index in [2.05, 4.69) is 20.2 Å². The van der Waals surface area contributed by atoms with Crippen molar-refractivity contribution in [1.82, 2.24) is 20.0 Å². The van der Waals surface area contributed by atoms with Crippen LogP contribution in [0.1, 0.15) is 12.8 Å². The Morgan fingerprint density at radius 1 is 1.22 bits per heavy atom. The van der Waals surface area contributed by atoms with Crippen molar-refractivity contribution in [3.8, 4) is 22.7 Å². The summed E-state index contributed by atoms with van der Waals surface area (Å²) in [6.45, 7) is 1.75. The van der Waals surface area contributed by atoms with Gasteiger partial charge >= 0.3 is 0 Å². The van der Waals surface area contributed by atoms with Crippen LogP contribution in [0.25, 0.3) is 28.0 Å². The zero-order chi connectivity index (χ0) is 22.2. The molecule has 2 aromatic carbocycles. The van der Waals surface area contributed by atoms with Gasteiger partial charge in [0.1, 0.15) is 22.6 Å². The minimum atomic E-state index is -0.605. The van der Waals surface area contributed by atoms with E-state index in [1.807, 2.05) is 24.3 Å². The molecule has 3 heterocycles. The van der Waals surface area contributed by atoms with Crippen LogP contribution in [-0.2, 0) is 0 Å². The van der Waals surface area contributed by atoms with Gasteiger partial charge in [-0.3, -0.25) is 9.89 Å². The van der Waals surface area contributed by atoms with Crippen molar-refractivity contribution in [2.75, 3.05) is 25.1 Å². The number of rotatable bonds is 4. The fourth-order valence-corrected chi connectivity index (χ4v) is 4.21. The predicted octanol–water partition coefficient (Wildman–Crippen LogP) is 2.85. The van der Waals surface area contributed by atoms with Gasteiger partial charge in [-0.1, -0.05) is 18.2 Å². The average Bonchev–Trinajstić information content (AvgIpc) is 3.21. The molecule has 1 atom stereocenters. The van der Waals surface area contributed by atoms with Gasteiger partial charge < -0.3 is 15.4 Å². The monoisotopic (exact) mass is 434 g/mol. The van der Waals surface area contributed by atoms with E-state index in [9.17, 15) is 9.18 Å². The zero-order valence-corrected chi connectivity index (χ0v) is 17.6. The largest absolute Gasteiger partial charge is 0.494 e. The third kappa shape index (κ3) is 3.50. The third-order valence-corrected chi connectivity index (χ3v) is 5.77. The highest BCUT2D eigenvalue weighted by molar-refractivity contribution is 5.89. The number of methoxy groups -OCH3 is 1. The van der Waals surface area contributed by atoms with Crippen LogP contribution in [0.2, 0.25) is 0 Å². The first-order chi connectivity index (χ1) is 15.5. The van der Waals surface area contributed by atoms with E-state index in [0.29, 0.717) is 16.7 Å². The Kier molecular flexibility index (Phi) is 5.10. The number of benzene rings is 2. The second-order valence-electron chi connectivity index (χ2n) is 7.92. The van der Waals surface area contributed by atoms with Gasteiger partial charge in [-0.05, 0) is 37.1 Å². The van der Waals surface area contributed by atoms with Crippen molar-refractivity contribution in [3.05, 3.63) is 64.7 Å². The molecule has 5 rings (SSSR count). The number of nitrogens with zero attached hydrogens (tertiary/aromatic N) is 4. The highest BCUT2D eigenvalue weighted by Crippen LogP contribution is 2.30. The summed E-state index contributed by atoms with van der Waals surface area (Å²) in [4.78, 5) is 15.0. The summed E-state index contributed by atoms with van der Waals surface area (Å²) in [5.41, 5.74) is 9.02. The summed E-state index contributed by atoms with van der Waals surface area (Å²) >= 11 is 0. The number of aromatic nitrogens is 4. The molecule has 2 aromatic heterocycles. The first-order valence-electron chi connectivity index (χ1n) is 10.5. The quantitative estimate of drug-likeness (QED) is 0.512. The molecule has 1 aliphatic rings. The number of ether oxygens (including phenoxy) is 1. The molecule has 0 spiro atoms. The van der Waals surface area contributed by atoms with E-state index in [1.54, 1.807) is 6.07 Å². The van der Waals surface area contributed by atoms with Gasteiger partial charge in [-0.25, -0.2) is 4.39 Å². The Morgan fingerprint density at radius 2 is 2.06 bits per heavy atom. The first-order valence-corrected chi connectivity index (χ1v) is 10.5. The fraction of sp³-hybridized carbons (Fsp3) is 0.261. The molecule has 0 aliphatic carbocycles. The van der Waals surface area contributed by atoms with E-state index in [1.165, 1.54) is 25.3 Å². The Labute approximate surface area is 183 Å². The zero-order valence-electron chi connectivity index (χ0n) is 17.6. The van der Waals surface area contributed by atoms with E-state index in [0.717, 1.165) is 41.9 Å². The number of para-hydroxylation sites is 1. The Bertz CT molecular complexity index is 1350. The first kappa shape index (κ1) is 20.2. The standard InChI is InChI=1S/C23H23FN6O2/c1-32-19-9-3-8-17(24)23(19)30-20(31)12-18-22(28-30)21(27-26-18)14-5-2-7-16(11-14)29-10-4-6-15(25)13-29/h2-3,5,7-9,11-12,15,26H,4,6,10,13,25H2,1H3. The van der Waals surface area contributed by atoms with E-state index in [-0.39, 0.29) is 17.5 Å². The van der Waals surface area contributed by atoms with Crippen molar-refractivity contribution < 1.29 is 9.13 Å². The van der Waals surface area contributed by atoms with E-state index < -0.39 is 11.4 Å². The molecule has 1 unspecified atom stereocenters. The number of fused-ring (bicyclic) bond motifs is 1. The van der Waals surface area contributed by atoms with Crippen molar-refractivity contribution >= 4 is 16.7 Å². The van der Waals surface area contributed by atoms with Gasteiger partial charge in [0.25, 0.3) is 5.56 Å². The van der Waals surface area contributed by atoms with Crippen LogP contribution in [0.3, 0.4) is 0 Å². The minimum absolute atomic E-state index is 0.0369. The number of aromatic amines is 1.